The Morgan fingerprint density at radius 3 is 2.75 bits per heavy atom. The van der Waals surface area contributed by atoms with Gasteiger partial charge in [-0.1, -0.05) is 0 Å². The molecule has 0 radical (unpaired) electrons. The highest BCUT2D eigenvalue weighted by molar-refractivity contribution is 9.10. The minimum absolute atomic E-state index is 0.0141. The lowest BCUT2D eigenvalue weighted by Crippen LogP contribution is -2.41. The van der Waals surface area contributed by atoms with E-state index >= 15 is 0 Å². The number of carbonyl (C=O) groups is 1. The van der Waals surface area contributed by atoms with Crippen LogP contribution in [0, 0.1) is 0 Å². The van der Waals surface area contributed by atoms with Gasteiger partial charge < -0.3 is 4.90 Å². The zero-order valence-corrected chi connectivity index (χ0v) is 11.0. The number of hydrogen-bond acceptors (Lipinski definition) is 3. The molecule has 0 bridgehead atoms. The Kier molecular flexibility index (Phi) is 3.70. The molecule has 0 saturated carbocycles. The van der Waals surface area contributed by atoms with E-state index in [4.69, 9.17) is 0 Å². The molecular formula is C10H11BrN2O2S. The van der Waals surface area contributed by atoms with Crippen molar-refractivity contribution in [3.8, 4) is 0 Å². The van der Waals surface area contributed by atoms with Gasteiger partial charge in [0.15, 0.2) is 0 Å². The van der Waals surface area contributed by atoms with Gasteiger partial charge in [0.1, 0.15) is 4.60 Å². The van der Waals surface area contributed by atoms with E-state index in [-0.39, 0.29) is 5.91 Å². The number of hydrogen-bond donors (Lipinski definition) is 0. The maximum atomic E-state index is 12.0. The Hall–Kier alpha value is -0.750. The van der Waals surface area contributed by atoms with Gasteiger partial charge in [-0.2, -0.15) is 0 Å². The third-order valence-corrected chi connectivity index (χ3v) is 4.15. The zero-order chi connectivity index (χ0) is 11.5. The van der Waals surface area contributed by atoms with Crippen LogP contribution in [0.25, 0.3) is 0 Å². The molecule has 1 fully saturated rings. The first-order valence-corrected chi connectivity index (χ1v) is 7.21. The Morgan fingerprint density at radius 2 is 2.12 bits per heavy atom. The van der Waals surface area contributed by atoms with Crippen LogP contribution in [0.2, 0.25) is 0 Å². The molecule has 1 amide bonds. The van der Waals surface area contributed by atoms with Crippen LogP contribution in [0.3, 0.4) is 0 Å². The summed E-state index contributed by atoms with van der Waals surface area (Å²) in [5, 5.41) is 0. The molecular weight excluding hydrogens is 292 g/mol. The van der Waals surface area contributed by atoms with E-state index in [0.717, 1.165) is 0 Å². The van der Waals surface area contributed by atoms with Crippen molar-refractivity contribution in [2.24, 2.45) is 0 Å². The van der Waals surface area contributed by atoms with E-state index in [1.54, 1.807) is 23.2 Å². The fraction of sp³-hybridized carbons (Fsp3) is 0.400. The van der Waals surface area contributed by atoms with Crippen molar-refractivity contribution in [2.75, 3.05) is 24.6 Å². The van der Waals surface area contributed by atoms with Gasteiger partial charge in [-0.05, 0) is 28.1 Å². The molecule has 1 aliphatic heterocycles. The summed E-state index contributed by atoms with van der Waals surface area (Å²) in [7, 11) is -0.754. The lowest BCUT2D eigenvalue weighted by Gasteiger charge is -2.26. The number of nitrogens with zero attached hydrogens (tertiary/aromatic N) is 2. The number of rotatable bonds is 1. The van der Waals surface area contributed by atoms with Crippen LogP contribution < -0.4 is 0 Å². The van der Waals surface area contributed by atoms with E-state index in [9.17, 15) is 9.00 Å². The summed E-state index contributed by atoms with van der Waals surface area (Å²) in [6, 6.07) is 3.40. The maximum absolute atomic E-state index is 12.0. The topological polar surface area (TPSA) is 50.3 Å². The lowest BCUT2D eigenvalue weighted by atomic mass is 10.2. The molecule has 0 atom stereocenters. The second-order valence-electron chi connectivity index (χ2n) is 3.51. The summed E-state index contributed by atoms with van der Waals surface area (Å²) in [6.45, 7) is 1.15. The second-order valence-corrected chi connectivity index (χ2v) is 6.02. The number of amides is 1. The zero-order valence-electron chi connectivity index (χ0n) is 8.56. The van der Waals surface area contributed by atoms with E-state index in [1.165, 1.54) is 0 Å². The average molecular weight is 303 g/mol. The molecule has 0 spiro atoms. The number of pyridine rings is 1. The second kappa shape index (κ2) is 5.05. The quantitative estimate of drug-likeness (QED) is 0.729. The van der Waals surface area contributed by atoms with Crippen LogP contribution in [-0.2, 0) is 10.8 Å². The molecule has 16 heavy (non-hydrogen) atoms. The van der Waals surface area contributed by atoms with Crippen molar-refractivity contribution >= 4 is 32.6 Å². The molecule has 0 unspecified atom stereocenters. The standard InChI is InChI=1S/C10H11BrN2O2S/c11-9-7-8(1-2-12-9)10(14)13-3-5-16(15)6-4-13/h1-2,7H,3-6H2. The molecule has 1 aliphatic rings. The Morgan fingerprint density at radius 1 is 1.44 bits per heavy atom. The molecule has 4 nitrogen and oxygen atoms in total. The smallest absolute Gasteiger partial charge is 0.254 e. The van der Waals surface area contributed by atoms with Gasteiger partial charge in [-0.15, -0.1) is 0 Å². The van der Waals surface area contributed by atoms with E-state index < -0.39 is 10.8 Å². The SMILES string of the molecule is O=C(c1ccnc(Br)c1)N1CCS(=O)CC1. The predicted octanol–water partition coefficient (Wildman–Crippen LogP) is 1.05. The van der Waals surface area contributed by atoms with Gasteiger partial charge in [-0.3, -0.25) is 9.00 Å². The van der Waals surface area contributed by atoms with Gasteiger partial charge in [0.05, 0.1) is 0 Å². The van der Waals surface area contributed by atoms with Crippen molar-refractivity contribution in [1.29, 1.82) is 0 Å². The molecule has 2 rings (SSSR count). The first-order valence-electron chi connectivity index (χ1n) is 4.92. The average Bonchev–Trinajstić information content (AvgIpc) is 2.29. The van der Waals surface area contributed by atoms with E-state index in [2.05, 4.69) is 20.9 Å². The van der Waals surface area contributed by atoms with Crippen molar-refractivity contribution in [1.82, 2.24) is 9.88 Å². The van der Waals surface area contributed by atoms with Crippen LogP contribution >= 0.6 is 15.9 Å². The number of halogens is 1. The van der Waals surface area contributed by atoms with Crippen molar-refractivity contribution < 1.29 is 9.00 Å². The minimum Gasteiger partial charge on any atom is -0.337 e. The van der Waals surface area contributed by atoms with Gasteiger partial charge >= 0.3 is 0 Å². The first-order chi connectivity index (χ1) is 7.66. The predicted molar refractivity (Wildman–Crippen MR) is 65.7 cm³/mol. The summed E-state index contributed by atoms with van der Waals surface area (Å²) < 4.78 is 11.8. The summed E-state index contributed by atoms with van der Waals surface area (Å²) >= 11 is 3.23. The molecule has 0 aromatic carbocycles. The largest absolute Gasteiger partial charge is 0.337 e. The van der Waals surface area contributed by atoms with E-state index in [0.29, 0.717) is 34.8 Å². The molecule has 86 valence electrons. The summed E-state index contributed by atoms with van der Waals surface area (Å²) in [4.78, 5) is 17.8. The molecule has 6 heteroatoms. The van der Waals surface area contributed by atoms with Gasteiger partial charge in [0, 0.05) is 47.2 Å². The number of aromatic nitrogens is 1. The van der Waals surface area contributed by atoms with E-state index in [1.807, 2.05) is 0 Å². The van der Waals surface area contributed by atoms with Crippen LogP contribution in [0.4, 0.5) is 0 Å². The summed E-state index contributed by atoms with van der Waals surface area (Å²) in [5.74, 6) is 1.15. The molecule has 2 heterocycles. The van der Waals surface area contributed by atoms with Crippen LogP contribution in [0.15, 0.2) is 22.9 Å². The third-order valence-electron chi connectivity index (χ3n) is 2.44. The fourth-order valence-corrected chi connectivity index (χ4v) is 2.98. The molecule has 0 aliphatic carbocycles. The summed E-state index contributed by atoms with van der Waals surface area (Å²) in [6.07, 6.45) is 1.60. The van der Waals surface area contributed by atoms with Crippen molar-refractivity contribution in [3.63, 3.8) is 0 Å². The molecule has 1 aromatic rings. The maximum Gasteiger partial charge on any atom is 0.254 e. The lowest BCUT2D eigenvalue weighted by molar-refractivity contribution is 0.0771. The van der Waals surface area contributed by atoms with Crippen LogP contribution in [0.5, 0.6) is 0 Å². The first kappa shape index (κ1) is 11.7. The van der Waals surface area contributed by atoms with Crippen molar-refractivity contribution in [3.05, 3.63) is 28.5 Å². The summed E-state index contributed by atoms with van der Waals surface area (Å²) in [5.41, 5.74) is 0.620. The van der Waals surface area contributed by atoms with Crippen molar-refractivity contribution in [2.45, 2.75) is 0 Å². The highest BCUT2D eigenvalue weighted by atomic mass is 79.9. The van der Waals surface area contributed by atoms with Gasteiger partial charge in [0.25, 0.3) is 5.91 Å². The van der Waals surface area contributed by atoms with Crippen LogP contribution in [-0.4, -0.2) is 44.6 Å². The minimum atomic E-state index is -0.754. The van der Waals surface area contributed by atoms with Gasteiger partial charge in [0.2, 0.25) is 0 Å². The highest BCUT2D eigenvalue weighted by Crippen LogP contribution is 2.12. The third kappa shape index (κ3) is 2.68. The monoisotopic (exact) mass is 302 g/mol. The highest BCUT2D eigenvalue weighted by Gasteiger charge is 2.21. The molecule has 1 saturated heterocycles. The van der Waals surface area contributed by atoms with Crippen LogP contribution in [0.1, 0.15) is 10.4 Å². The fourth-order valence-electron chi connectivity index (χ4n) is 1.56. The Balaban J connectivity index is 2.10. The molecule has 1 aromatic heterocycles. The number of carbonyl (C=O) groups excluding carboxylic acids is 1. The Bertz CT molecular complexity index is 429. The normalized spacial score (nSPS) is 17.4. The molecule has 0 N–H and O–H groups in total. The Labute approximate surface area is 105 Å². The van der Waals surface area contributed by atoms with Gasteiger partial charge in [-0.25, -0.2) is 4.98 Å².